The van der Waals surface area contributed by atoms with Gasteiger partial charge >= 0.3 is 0 Å². The van der Waals surface area contributed by atoms with Gasteiger partial charge in [0.25, 0.3) is 0 Å². The Balaban J connectivity index is 2.19. The first-order valence-electron chi connectivity index (χ1n) is 8.40. The molecule has 0 spiro atoms. The van der Waals surface area contributed by atoms with Gasteiger partial charge in [0.2, 0.25) is 0 Å². The van der Waals surface area contributed by atoms with Gasteiger partial charge in [-0.25, -0.2) is 0 Å². The molecule has 3 aromatic carbocycles. The lowest BCUT2D eigenvalue weighted by Gasteiger charge is -2.24. The highest BCUT2D eigenvalue weighted by Gasteiger charge is 2.36. The van der Waals surface area contributed by atoms with Crippen LogP contribution >= 0.6 is 0 Å². The van der Waals surface area contributed by atoms with Gasteiger partial charge in [-0.2, -0.15) is 0 Å². The van der Waals surface area contributed by atoms with E-state index >= 15 is 0 Å². The monoisotopic (exact) mass is 360 g/mol. The Hall–Kier alpha value is -3.47. The van der Waals surface area contributed by atoms with Crippen LogP contribution in [0.2, 0.25) is 0 Å². The summed E-state index contributed by atoms with van der Waals surface area (Å²) in [5.41, 5.74) is 1.53. The zero-order valence-electron chi connectivity index (χ0n) is 15.1. The van der Waals surface area contributed by atoms with Gasteiger partial charge in [0.1, 0.15) is 11.5 Å². The van der Waals surface area contributed by atoms with Gasteiger partial charge in [-0.3, -0.25) is 14.4 Å². The molecule has 0 atom stereocenters. The number of methoxy groups -OCH3 is 2. The molecule has 3 aromatic rings. The summed E-state index contributed by atoms with van der Waals surface area (Å²) in [7, 11) is 2.90. The van der Waals surface area contributed by atoms with Crippen LogP contribution in [0.4, 0.5) is 0 Å². The summed E-state index contributed by atoms with van der Waals surface area (Å²) in [6, 6.07) is 11.7. The number of ether oxygens (including phenoxy) is 2. The molecule has 0 aromatic heterocycles. The van der Waals surface area contributed by atoms with Crippen LogP contribution in [0, 0.1) is 0 Å². The molecule has 0 aliphatic heterocycles. The minimum absolute atomic E-state index is 0.108. The van der Waals surface area contributed by atoms with Crippen molar-refractivity contribution in [1.29, 1.82) is 0 Å². The molecule has 5 nitrogen and oxygen atoms in total. The third-order valence-electron chi connectivity index (χ3n) is 4.90. The number of benzene rings is 3. The number of fused-ring (bicyclic) bond motifs is 3. The standard InChI is InChI=1S/C22H16O5/c1-11(23)12-8-9-15-16(10-12)22(27-3)18-17(21(15)26-2)19(24)13-6-4-5-7-14(13)20(18)25/h4-10H,1-3H3. The van der Waals surface area contributed by atoms with Crippen molar-refractivity contribution in [2.45, 2.75) is 6.92 Å². The highest BCUT2D eigenvalue weighted by Crippen LogP contribution is 2.45. The average molecular weight is 360 g/mol. The zero-order valence-corrected chi connectivity index (χ0v) is 15.1. The summed E-state index contributed by atoms with van der Waals surface area (Å²) >= 11 is 0. The third kappa shape index (κ3) is 2.28. The maximum atomic E-state index is 13.2. The topological polar surface area (TPSA) is 69.7 Å². The molecular weight excluding hydrogens is 344 g/mol. The van der Waals surface area contributed by atoms with E-state index in [9.17, 15) is 14.4 Å². The molecule has 0 saturated heterocycles. The fourth-order valence-corrected chi connectivity index (χ4v) is 3.65. The predicted octanol–water partition coefficient (Wildman–Crippen LogP) is 3.84. The molecule has 0 radical (unpaired) electrons. The van der Waals surface area contributed by atoms with E-state index in [0.717, 1.165) is 0 Å². The van der Waals surface area contributed by atoms with E-state index in [1.54, 1.807) is 42.5 Å². The van der Waals surface area contributed by atoms with E-state index in [2.05, 4.69) is 0 Å². The molecule has 0 fully saturated rings. The number of ketones is 3. The van der Waals surface area contributed by atoms with Crippen LogP contribution in [0.5, 0.6) is 11.5 Å². The summed E-state index contributed by atoms with van der Waals surface area (Å²) in [5, 5.41) is 1.17. The van der Waals surface area contributed by atoms with Crippen molar-refractivity contribution in [3.8, 4) is 11.5 Å². The minimum Gasteiger partial charge on any atom is -0.495 e. The van der Waals surface area contributed by atoms with Crippen molar-refractivity contribution in [2.75, 3.05) is 14.2 Å². The van der Waals surface area contributed by atoms with E-state index < -0.39 is 0 Å². The van der Waals surface area contributed by atoms with Gasteiger partial charge in [0.15, 0.2) is 17.3 Å². The van der Waals surface area contributed by atoms with Crippen molar-refractivity contribution < 1.29 is 23.9 Å². The number of hydrogen-bond donors (Lipinski definition) is 0. The quantitative estimate of drug-likeness (QED) is 0.519. The summed E-state index contributed by atoms with van der Waals surface area (Å²) in [5.74, 6) is -0.109. The number of rotatable bonds is 3. The van der Waals surface area contributed by atoms with Crippen LogP contribution in [-0.2, 0) is 0 Å². The predicted molar refractivity (Wildman–Crippen MR) is 100 cm³/mol. The molecule has 27 heavy (non-hydrogen) atoms. The molecule has 0 amide bonds. The van der Waals surface area contributed by atoms with Crippen molar-refractivity contribution >= 4 is 28.1 Å². The summed E-state index contributed by atoms with van der Waals surface area (Å²) in [6.45, 7) is 1.47. The first-order chi connectivity index (χ1) is 13.0. The Kier molecular flexibility index (Phi) is 3.81. The van der Waals surface area contributed by atoms with Crippen molar-refractivity contribution in [1.82, 2.24) is 0 Å². The Morgan fingerprint density at radius 1 is 0.778 bits per heavy atom. The summed E-state index contributed by atoms with van der Waals surface area (Å²) in [6.07, 6.45) is 0. The van der Waals surface area contributed by atoms with Gasteiger partial charge in [-0.15, -0.1) is 0 Å². The normalized spacial score (nSPS) is 12.6. The van der Waals surface area contributed by atoms with Gasteiger partial charge in [0.05, 0.1) is 25.3 Å². The van der Waals surface area contributed by atoms with Gasteiger partial charge in [-0.05, 0) is 19.1 Å². The van der Waals surface area contributed by atoms with Crippen molar-refractivity contribution in [2.24, 2.45) is 0 Å². The molecule has 0 saturated carbocycles. The van der Waals surface area contributed by atoms with Crippen LogP contribution in [0.15, 0.2) is 42.5 Å². The Bertz CT molecular complexity index is 1160. The molecular formula is C22H16O5. The molecule has 0 bridgehead atoms. The number of carbonyl (C=O) groups excluding carboxylic acids is 3. The zero-order chi connectivity index (χ0) is 19.3. The van der Waals surface area contributed by atoms with Crippen LogP contribution in [0.25, 0.3) is 10.8 Å². The molecule has 1 aliphatic rings. The Morgan fingerprint density at radius 3 is 1.78 bits per heavy atom. The minimum atomic E-state index is -0.300. The number of Topliss-reactive ketones (excluding diaryl/α,β-unsaturated/α-hetero) is 1. The van der Waals surface area contributed by atoms with E-state index in [4.69, 9.17) is 9.47 Å². The molecule has 1 aliphatic carbocycles. The van der Waals surface area contributed by atoms with Gasteiger partial charge < -0.3 is 9.47 Å². The third-order valence-corrected chi connectivity index (χ3v) is 4.90. The van der Waals surface area contributed by atoms with Crippen LogP contribution < -0.4 is 9.47 Å². The highest BCUT2D eigenvalue weighted by molar-refractivity contribution is 6.32. The van der Waals surface area contributed by atoms with E-state index in [-0.39, 0.29) is 34.2 Å². The van der Waals surface area contributed by atoms with Crippen LogP contribution in [0.3, 0.4) is 0 Å². The van der Waals surface area contributed by atoms with Crippen molar-refractivity contribution in [3.05, 3.63) is 70.3 Å². The summed E-state index contributed by atoms with van der Waals surface area (Å²) in [4.78, 5) is 38.2. The first-order valence-corrected chi connectivity index (χ1v) is 8.40. The maximum Gasteiger partial charge on any atom is 0.198 e. The largest absolute Gasteiger partial charge is 0.495 e. The molecule has 4 rings (SSSR count). The molecule has 134 valence electrons. The molecule has 5 heteroatoms. The lowest BCUT2D eigenvalue weighted by molar-refractivity contribution is 0.0974. The SMILES string of the molecule is COc1c2c(c(OC)c3cc(C(C)=O)ccc13)C(=O)c1ccccc1C2=O. The Morgan fingerprint density at radius 2 is 1.30 bits per heavy atom. The first kappa shape index (κ1) is 17.0. The maximum absolute atomic E-state index is 13.2. The average Bonchev–Trinajstić information content (AvgIpc) is 2.69. The van der Waals surface area contributed by atoms with Gasteiger partial charge in [-0.1, -0.05) is 30.3 Å². The fourth-order valence-electron chi connectivity index (χ4n) is 3.65. The smallest absolute Gasteiger partial charge is 0.198 e. The van der Waals surface area contributed by atoms with E-state index in [1.807, 2.05) is 0 Å². The number of hydrogen-bond acceptors (Lipinski definition) is 5. The second kappa shape index (κ2) is 6.06. The molecule has 0 unspecified atom stereocenters. The van der Waals surface area contributed by atoms with Crippen LogP contribution in [0.1, 0.15) is 49.1 Å². The summed E-state index contributed by atoms with van der Waals surface area (Å²) < 4.78 is 11.1. The second-order valence-electron chi connectivity index (χ2n) is 6.34. The van der Waals surface area contributed by atoms with E-state index in [1.165, 1.54) is 21.1 Å². The molecule has 0 heterocycles. The Labute approximate surface area is 155 Å². The lowest BCUT2D eigenvalue weighted by Crippen LogP contribution is -2.23. The highest BCUT2D eigenvalue weighted by atomic mass is 16.5. The van der Waals surface area contributed by atoms with Gasteiger partial charge in [0, 0.05) is 27.5 Å². The van der Waals surface area contributed by atoms with E-state index in [0.29, 0.717) is 33.2 Å². The van der Waals surface area contributed by atoms with Crippen molar-refractivity contribution in [3.63, 3.8) is 0 Å². The van der Waals surface area contributed by atoms with Crippen LogP contribution in [-0.4, -0.2) is 31.6 Å². The fraction of sp³-hybridized carbons (Fsp3) is 0.136. The number of carbonyl (C=O) groups is 3. The molecule has 0 N–H and O–H groups in total. The lowest BCUT2D eigenvalue weighted by atomic mass is 9.81. The second-order valence-corrected chi connectivity index (χ2v) is 6.34.